The third-order valence-electron chi connectivity index (χ3n) is 3.93. The molecule has 0 radical (unpaired) electrons. The standard InChI is InChI=1S/C21H27F3N4O3.HI/c1-4-25-20(27-12-15(2)31-18-10-6-5-9-17(18)29-3)28-13-16-8-7-11-26-19(16)30-14-21(22,23)24;/h5-11,15H,4,12-14H2,1-3H3,(H2,25,27,28);1H. The van der Waals surface area contributed by atoms with E-state index < -0.39 is 12.8 Å². The third kappa shape index (κ3) is 9.79. The second-order valence-corrected chi connectivity index (χ2v) is 6.53. The molecule has 0 saturated carbocycles. The smallest absolute Gasteiger partial charge is 0.422 e. The van der Waals surface area contributed by atoms with E-state index >= 15 is 0 Å². The van der Waals surface area contributed by atoms with Gasteiger partial charge in [-0.1, -0.05) is 18.2 Å². The number of alkyl halides is 3. The van der Waals surface area contributed by atoms with Crippen molar-refractivity contribution in [3.8, 4) is 17.4 Å². The molecule has 11 heteroatoms. The first kappa shape index (κ1) is 27.6. The van der Waals surface area contributed by atoms with Gasteiger partial charge in [0.05, 0.1) is 20.2 Å². The van der Waals surface area contributed by atoms with Gasteiger partial charge < -0.3 is 24.8 Å². The molecule has 0 fully saturated rings. The Morgan fingerprint density at radius 1 is 1.12 bits per heavy atom. The van der Waals surface area contributed by atoms with Gasteiger partial charge >= 0.3 is 6.18 Å². The number of aliphatic imine (C=N–C) groups is 1. The Labute approximate surface area is 202 Å². The largest absolute Gasteiger partial charge is 0.493 e. The topological polar surface area (TPSA) is 77.0 Å². The van der Waals surface area contributed by atoms with Crippen molar-refractivity contribution in [2.45, 2.75) is 32.7 Å². The lowest BCUT2D eigenvalue weighted by Crippen LogP contribution is -2.41. The van der Waals surface area contributed by atoms with Crippen LogP contribution >= 0.6 is 24.0 Å². The average Bonchev–Trinajstić information content (AvgIpc) is 2.74. The molecule has 0 bridgehead atoms. The zero-order valence-electron chi connectivity index (χ0n) is 18.1. The molecule has 0 aliphatic carbocycles. The molecule has 32 heavy (non-hydrogen) atoms. The number of ether oxygens (including phenoxy) is 3. The molecule has 0 aliphatic heterocycles. The number of hydrogen-bond acceptors (Lipinski definition) is 5. The number of nitrogens with zero attached hydrogens (tertiary/aromatic N) is 2. The van der Waals surface area contributed by atoms with Crippen molar-refractivity contribution in [2.24, 2.45) is 4.99 Å². The number of halogens is 4. The predicted molar refractivity (Wildman–Crippen MR) is 127 cm³/mol. The van der Waals surface area contributed by atoms with Crippen LogP contribution in [0.2, 0.25) is 0 Å². The minimum Gasteiger partial charge on any atom is -0.493 e. The van der Waals surface area contributed by atoms with Crippen molar-refractivity contribution >= 4 is 29.9 Å². The fourth-order valence-corrected chi connectivity index (χ4v) is 2.55. The molecular formula is C21H28F3IN4O3. The van der Waals surface area contributed by atoms with Crippen molar-refractivity contribution in [1.29, 1.82) is 0 Å². The molecule has 1 aromatic carbocycles. The molecule has 1 atom stereocenters. The maximum atomic E-state index is 12.4. The van der Waals surface area contributed by atoms with Gasteiger partial charge in [-0.25, -0.2) is 9.98 Å². The van der Waals surface area contributed by atoms with Gasteiger partial charge in [0.25, 0.3) is 0 Å². The minimum atomic E-state index is -4.44. The zero-order chi connectivity index (χ0) is 22.7. The fraction of sp³-hybridized carbons (Fsp3) is 0.429. The van der Waals surface area contributed by atoms with E-state index in [0.29, 0.717) is 36.1 Å². The summed E-state index contributed by atoms with van der Waals surface area (Å²) in [6.07, 6.45) is -3.27. The fourth-order valence-electron chi connectivity index (χ4n) is 2.55. The Kier molecular flexibility index (Phi) is 12.0. The molecule has 7 nitrogen and oxygen atoms in total. The van der Waals surface area contributed by atoms with Crippen molar-refractivity contribution < 1.29 is 27.4 Å². The lowest BCUT2D eigenvalue weighted by atomic mass is 10.3. The average molecular weight is 568 g/mol. The van der Waals surface area contributed by atoms with Gasteiger partial charge in [-0.3, -0.25) is 0 Å². The Hall–Kier alpha value is -2.44. The van der Waals surface area contributed by atoms with Crippen LogP contribution in [0.1, 0.15) is 19.4 Å². The summed E-state index contributed by atoms with van der Waals surface area (Å²) in [5, 5.41) is 6.24. The number of benzene rings is 1. The Balaban J connectivity index is 0.00000512. The summed E-state index contributed by atoms with van der Waals surface area (Å²) in [5.74, 6) is 1.66. The molecule has 2 N–H and O–H groups in total. The molecule has 1 unspecified atom stereocenters. The second-order valence-electron chi connectivity index (χ2n) is 6.53. The van der Waals surface area contributed by atoms with E-state index in [-0.39, 0.29) is 42.5 Å². The number of methoxy groups -OCH3 is 1. The van der Waals surface area contributed by atoms with Crippen LogP contribution in [0, 0.1) is 0 Å². The van der Waals surface area contributed by atoms with Gasteiger partial charge in [-0.2, -0.15) is 13.2 Å². The van der Waals surface area contributed by atoms with Gasteiger partial charge in [-0.15, -0.1) is 24.0 Å². The SMILES string of the molecule is CCNC(=NCc1cccnc1OCC(F)(F)F)NCC(C)Oc1ccccc1OC.I. The maximum Gasteiger partial charge on any atom is 0.422 e. The van der Waals surface area contributed by atoms with E-state index in [1.807, 2.05) is 38.1 Å². The van der Waals surface area contributed by atoms with Crippen molar-refractivity contribution in [3.05, 3.63) is 48.2 Å². The van der Waals surface area contributed by atoms with Crippen LogP contribution < -0.4 is 24.8 Å². The van der Waals surface area contributed by atoms with Crippen LogP contribution in [-0.4, -0.2) is 50.0 Å². The lowest BCUT2D eigenvalue weighted by Gasteiger charge is -2.19. The van der Waals surface area contributed by atoms with E-state index in [4.69, 9.17) is 14.2 Å². The molecule has 2 rings (SSSR count). The molecule has 0 spiro atoms. The maximum absolute atomic E-state index is 12.4. The highest BCUT2D eigenvalue weighted by Gasteiger charge is 2.29. The number of hydrogen-bond donors (Lipinski definition) is 2. The van der Waals surface area contributed by atoms with Crippen LogP contribution in [0.5, 0.6) is 17.4 Å². The predicted octanol–water partition coefficient (Wildman–Crippen LogP) is 4.17. The van der Waals surface area contributed by atoms with Crippen LogP contribution in [-0.2, 0) is 6.54 Å². The van der Waals surface area contributed by atoms with E-state index in [1.54, 1.807) is 19.2 Å². The van der Waals surface area contributed by atoms with Gasteiger partial charge in [0, 0.05) is 18.3 Å². The van der Waals surface area contributed by atoms with E-state index in [0.717, 1.165) is 0 Å². The van der Waals surface area contributed by atoms with Crippen LogP contribution in [0.15, 0.2) is 47.6 Å². The molecule has 0 amide bonds. The monoisotopic (exact) mass is 568 g/mol. The quantitative estimate of drug-likeness (QED) is 0.255. The minimum absolute atomic E-state index is 0. The highest BCUT2D eigenvalue weighted by molar-refractivity contribution is 14.0. The Bertz CT molecular complexity index is 853. The number of pyridine rings is 1. The van der Waals surface area contributed by atoms with Crippen molar-refractivity contribution in [3.63, 3.8) is 0 Å². The molecule has 2 aromatic rings. The summed E-state index contributed by atoms with van der Waals surface area (Å²) in [6.45, 7) is 3.54. The Morgan fingerprint density at radius 3 is 2.50 bits per heavy atom. The molecule has 0 aliphatic rings. The van der Waals surface area contributed by atoms with Crippen LogP contribution in [0.3, 0.4) is 0 Å². The number of para-hydroxylation sites is 2. The van der Waals surface area contributed by atoms with Crippen molar-refractivity contribution in [1.82, 2.24) is 15.6 Å². The van der Waals surface area contributed by atoms with Gasteiger partial charge in [0.1, 0.15) is 6.10 Å². The van der Waals surface area contributed by atoms with Gasteiger partial charge in [-0.05, 0) is 32.0 Å². The summed E-state index contributed by atoms with van der Waals surface area (Å²) in [7, 11) is 1.58. The molecular weight excluding hydrogens is 540 g/mol. The first-order chi connectivity index (χ1) is 14.8. The first-order valence-corrected chi connectivity index (χ1v) is 9.77. The molecule has 1 heterocycles. The van der Waals surface area contributed by atoms with Crippen LogP contribution in [0.25, 0.3) is 0 Å². The first-order valence-electron chi connectivity index (χ1n) is 9.77. The molecule has 178 valence electrons. The summed E-state index contributed by atoms with van der Waals surface area (Å²) < 4.78 is 53.3. The van der Waals surface area contributed by atoms with Gasteiger partial charge in [0.15, 0.2) is 24.1 Å². The number of rotatable bonds is 10. The highest BCUT2D eigenvalue weighted by atomic mass is 127. The lowest BCUT2D eigenvalue weighted by molar-refractivity contribution is -0.154. The Morgan fingerprint density at radius 2 is 1.84 bits per heavy atom. The third-order valence-corrected chi connectivity index (χ3v) is 3.93. The summed E-state index contributed by atoms with van der Waals surface area (Å²) in [5.41, 5.74) is 0.447. The van der Waals surface area contributed by atoms with Gasteiger partial charge in [0.2, 0.25) is 5.88 Å². The summed E-state index contributed by atoms with van der Waals surface area (Å²) in [4.78, 5) is 8.29. The normalized spacial score (nSPS) is 12.4. The van der Waals surface area contributed by atoms with Crippen molar-refractivity contribution in [2.75, 3.05) is 26.8 Å². The van der Waals surface area contributed by atoms with E-state index in [9.17, 15) is 13.2 Å². The number of guanidine groups is 1. The number of aromatic nitrogens is 1. The summed E-state index contributed by atoms with van der Waals surface area (Å²) in [6, 6.07) is 10.6. The zero-order valence-corrected chi connectivity index (χ0v) is 20.4. The molecule has 0 saturated heterocycles. The van der Waals surface area contributed by atoms with E-state index in [2.05, 4.69) is 20.6 Å². The second kappa shape index (κ2) is 13.9. The van der Waals surface area contributed by atoms with Crippen LogP contribution in [0.4, 0.5) is 13.2 Å². The highest BCUT2D eigenvalue weighted by Crippen LogP contribution is 2.26. The number of nitrogens with one attached hydrogen (secondary N) is 2. The van der Waals surface area contributed by atoms with E-state index in [1.165, 1.54) is 6.20 Å². The molecule has 1 aromatic heterocycles. The summed E-state index contributed by atoms with van der Waals surface area (Å²) >= 11 is 0.